The molecule has 15 heavy (non-hydrogen) atoms. The molecule has 0 spiro atoms. The molecule has 0 bridgehead atoms. The number of hydrogen-bond acceptors (Lipinski definition) is 1. The van der Waals surface area contributed by atoms with E-state index in [0.29, 0.717) is 11.4 Å². The predicted octanol–water partition coefficient (Wildman–Crippen LogP) is 2.29. The SMILES string of the molecule is Cc1ccc(F)c(=O)n1-c1ccccc1. The third kappa shape index (κ3) is 1.68. The molecule has 0 aliphatic heterocycles. The zero-order valence-corrected chi connectivity index (χ0v) is 8.27. The standard InChI is InChI=1S/C12H10FNO/c1-9-7-8-11(13)12(15)14(9)10-5-3-2-4-6-10/h2-8H,1H3. The zero-order valence-electron chi connectivity index (χ0n) is 8.27. The fourth-order valence-electron chi connectivity index (χ4n) is 1.50. The van der Waals surface area contributed by atoms with Crippen molar-refractivity contribution >= 4 is 0 Å². The van der Waals surface area contributed by atoms with Gasteiger partial charge in [-0.2, -0.15) is 0 Å². The van der Waals surface area contributed by atoms with Crippen molar-refractivity contribution in [3.63, 3.8) is 0 Å². The summed E-state index contributed by atoms with van der Waals surface area (Å²) in [6.45, 7) is 1.77. The van der Waals surface area contributed by atoms with E-state index >= 15 is 0 Å². The third-order valence-corrected chi connectivity index (χ3v) is 2.25. The lowest BCUT2D eigenvalue weighted by Crippen LogP contribution is -2.22. The van der Waals surface area contributed by atoms with E-state index in [1.165, 1.54) is 10.6 Å². The molecule has 0 unspecified atom stereocenters. The number of aromatic nitrogens is 1. The Morgan fingerprint density at radius 1 is 1.07 bits per heavy atom. The molecule has 0 saturated heterocycles. The van der Waals surface area contributed by atoms with Gasteiger partial charge in [0.15, 0.2) is 5.82 Å². The van der Waals surface area contributed by atoms with Crippen molar-refractivity contribution in [3.05, 3.63) is 64.3 Å². The lowest BCUT2D eigenvalue weighted by atomic mass is 10.2. The summed E-state index contributed by atoms with van der Waals surface area (Å²) in [5.74, 6) is -0.732. The monoisotopic (exact) mass is 203 g/mol. The molecule has 0 aliphatic rings. The number of rotatable bonds is 1. The Labute approximate surface area is 86.6 Å². The van der Waals surface area contributed by atoms with Crippen LogP contribution in [0.5, 0.6) is 0 Å². The van der Waals surface area contributed by atoms with Crippen LogP contribution in [0.3, 0.4) is 0 Å². The molecule has 0 atom stereocenters. The second kappa shape index (κ2) is 3.69. The van der Waals surface area contributed by atoms with E-state index in [4.69, 9.17) is 0 Å². The fraction of sp³-hybridized carbons (Fsp3) is 0.0833. The summed E-state index contributed by atoms with van der Waals surface area (Å²) in [6.07, 6.45) is 0. The van der Waals surface area contributed by atoms with Gasteiger partial charge in [-0.3, -0.25) is 9.36 Å². The smallest absolute Gasteiger partial charge is 0.279 e. The van der Waals surface area contributed by atoms with Gasteiger partial charge in [-0.25, -0.2) is 4.39 Å². The number of para-hydroxylation sites is 1. The van der Waals surface area contributed by atoms with Crippen molar-refractivity contribution in [2.45, 2.75) is 6.92 Å². The van der Waals surface area contributed by atoms with Crippen molar-refractivity contribution in [2.24, 2.45) is 0 Å². The lowest BCUT2D eigenvalue weighted by Gasteiger charge is -2.08. The van der Waals surface area contributed by atoms with Gasteiger partial charge in [-0.1, -0.05) is 18.2 Å². The van der Waals surface area contributed by atoms with Crippen LogP contribution < -0.4 is 5.56 Å². The van der Waals surface area contributed by atoms with Crippen molar-refractivity contribution in [1.82, 2.24) is 4.57 Å². The molecule has 2 nitrogen and oxygen atoms in total. The highest BCUT2D eigenvalue weighted by Gasteiger charge is 2.06. The Morgan fingerprint density at radius 3 is 2.40 bits per heavy atom. The molecular formula is C12H10FNO. The molecule has 0 saturated carbocycles. The van der Waals surface area contributed by atoms with Crippen molar-refractivity contribution in [2.75, 3.05) is 0 Å². The van der Waals surface area contributed by atoms with Crippen LogP contribution in [-0.2, 0) is 0 Å². The molecule has 0 radical (unpaired) electrons. The van der Waals surface area contributed by atoms with Crippen LogP contribution in [0.25, 0.3) is 5.69 Å². The summed E-state index contributed by atoms with van der Waals surface area (Å²) in [4.78, 5) is 11.6. The van der Waals surface area contributed by atoms with E-state index in [1.54, 1.807) is 25.1 Å². The van der Waals surface area contributed by atoms with Gasteiger partial charge in [0, 0.05) is 11.4 Å². The minimum Gasteiger partial charge on any atom is -0.279 e. The van der Waals surface area contributed by atoms with Gasteiger partial charge >= 0.3 is 0 Å². The van der Waals surface area contributed by atoms with E-state index in [9.17, 15) is 9.18 Å². The Balaban J connectivity index is 2.73. The van der Waals surface area contributed by atoms with Crippen LogP contribution in [0.2, 0.25) is 0 Å². The molecular weight excluding hydrogens is 193 g/mol. The predicted molar refractivity (Wildman–Crippen MR) is 56.7 cm³/mol. The van der Waals surface area contributed by atoms with Crippen LogP contribution >= 0.6 is 0 Å². The maximum Gasteiger partial charge on any atom is 0.291 e. The first-order valence-corrected chi connectivity index (χ1v) is 4.64. The second-order valence-corrected chi connectivity index (χ2v) is 3.30. The van der Waals surface area contributed by atoms with Crippen molar-refractivity contribution < 1.29 is 4.39 Å². The summed E-state index contributed by atoms with van der Waals surface area (Å²) in [5.41, 5.74) is 0.785. The highest BCUT2D eigenvalue weighted by Crippen LogP contribution is 2.07. The number of halogens is 1. The number of benzene rings is 1. The summed E-state index contributed by atoms with van der Waals surface area (Å²) in [5, 5.41) is 0. The maximum absolute atomic E-state index is 13.1. The van der Waals surface area contributed by atoms with E-state index in [0.717, 1.165) is 0 Å². The Morgan fingerprint density at radius 2 is 1.73 bits per heavy atom. The Bertz CT molecular complexity index is 531. The van der Waals surface area contributed by atoms with Gasteiger partial charge in [0.2, 0.25) is 0 Å². The molecule has 2 rings (SSSR count). The quantitative estimate of drug-likeness (QED) is 0.697. The molecule has 1 aromatic heterocycles. The van der Waals surface area contributed by atoms with Gasteiger partial charge in [0.25, 0.3) is 5.56 Å². The van der Waals surface area contributed by atoms with E-state index in [-0.39, 0.29) is 0 Å². The largest absolute Gasteiger partial charge is 0.291 e. The average Bonchev–Trinajstić information content (AvgIpc) is 2.26. The second-order valence-electron chi connectivity index (χ2n) is 3.30. The summed E-state index contributed by atoms with van der Waals surface area (Å²) >= 11 is 0. The first-order valence-electron chi connectivity index (χ1n) is 4.64. The fourth-order valence-corrected chi connectivity index (χ4v) is 1.50. The Hall–Kier alpha value is -1.90. The number of aryl methyl sites for hydroxylation is 1. The van der Waals surface area contributed by atoms with Crippen LogP contribution in [-0.4, -0.2) is 4.57 Å². The summed E-state index contributed by atoms with van der Waals surface area (Å²) < 4.78 is 14.5. The minimum atomic E-state index is -0.732. The number of nitrogens with zero attached hydrogens (tertiary/aromatic N) is 1. The molecule has 0 fully saturated rings. The van der Waals surface area contributed by atoms with Crippen molar-refractivity contribution in [1.29, 1.82) is 0 Å². The van der Waals surface area contributed by atoms with Crippen LogP contribution in [0.1, 0.15) is 5.69 Å². The Kier molecular flexibility index (Phi) is 2.37. The summed E-state index contributed by atoms with van der Waals surface area (Å²) in [7, 11) is 0. The molecule has 0 amide bonds. The van der Waals surface area contributed by atoms with Crippen LogP contribution in [0.15, 0.2) is 47.3 Å². The van der Waals surface area contributed by atoms with Gasteiger partial charge in [0.1, 0.15) is 0 Å². The van der Waals surface area contributed by atoms with Crippen LogP contribution in [0, 0.1) is 12.7 Å². The maximum atomic E-state index is 13.1. The number of pyridine rings is 1. The van der Waals surface area contributed by atoms with Gasteiger partial charge < -0.3 is 0 Å². The van der Waals surface area contributed by atoms with E-state index < -0.39 is 11.4 Å². The van der Waals surface area contributed by atoms with Gasteiger partial charge in [-0.15, -0.1) is 0 Å². The minimum absolute atomic E-state index is 0.610. The molecule has 76 valence electrons. The zero-order chi connectivity index (χ0) is 10.8. The van der Waals surface area contributed by atoms with Crippen molar-refractivity contribution in [3.8, 4) is 5.69 Å². The first kappa shape index (κ1) is 9.65. The van der Waals surface area contributed by atoms with Crippen LogP contribution in [0.4, 0.5) is 4.39 Å². The van der Waals surface area contributed by atoms with E-state index in [2.05, 4.69) is 0 Å². The molecule has 1 heterocycles. The normalized spacial score (nSPS) is 10.3. The third-order valence-electron chi connectivity index (χ3n) is 2.25. The molecule has 3 heteroatoms. The molecule has 1 aromatic carbocycles. The highest BCUT2D eigenvalue weighted by atomic mass is 19.1. The van der Waals surface area contributed by atoms with E-state index in [1.807, 2.05) is 18.2 Å². The number of hydrogen-bond donors (Lipinski definition) is 0. The van der Waals surface area contributed by atoms with Gasteiger partial charge in [0.05, 0.1) is 0 Å². The van der Waals surface area contributed by atoms with Gasteiger partial charge in [-0.05, 0) is 31.2 Å². The summed E-state index contributed by atoms with van der Waals surface area (Å²) in [6, 6.07) is 11.8. The highest BCUT2D eigenvalue weighted by molar-refractivity contribution is 5.33. The molecule has 0 N–H and O–H groups in total. The lowest BCUT2D eigenvalue weighted by molar-refractivity contribution is 0.597. The topological polar surface area (TPSA) is 22.0 Å². The molecule has 2 aromatic rings. The first-order chi connectivity index (χ1) is 7.20. The molecule has 0 aliphatic carbocycles. The average molecular weight is 203 g/mol.